The molecule has 1 atom stereocenters. The van der Waals surface area contributed by atoms with Crippen LogP contribution < -0.4 is 10.0 Å². The fraction of sp³-hybridized carbons (Fsp3) is 0.269. The van der Waals surface area contributed by atoms with Crippen LogP contribution in [0, 0.1) is 19.8 Å². The van der Waals surface area contributed by atoms with Crippen molar-refractivity contribution in [1.29, 1.82) is 0 Å². The Kier molecular flexibility index (Phi) is 7.16. The molecule has 2 heterocycles. The Morgan fingerprint density at radius 1 is 0.971 bits per heavy atom. The van der Waals surface area contributed by atoms with Crippen LogP contribution in [0.3, 0.4) is 0 Å². The van der Waals surface area contributed by atoms with Crippen LogP contribution in [0.15, 0.2) is 71.8 Å². The van der Waals surface area contributed by atoms with E-state index in [0.717, 1.165) is 11.1 Å². The fourth-order valence-corrected chi connectivity index (χ4v) is 5.19. The van der Waals surface area contributed by atoms with Crippen LogP contribution in [-0.4, -0.2) is 43.2 Å². The highest BCUT2D eigenvalue weighted by molar-refractivity contribution is 7.92. The predicted octanol–water partition coefficient (Wildman–Crippen LogP) is 3.99. The summed E-state index contributed by atoms with van der Waals surface area (Å²) in [7, 11) is -3.79. The third-order valence-corrected chi connectivity index (χ3v) is 7.51. The number of likely N-dealkylation sites (tertiary alicyclic amines) is 1. The summed E-state index contributed by atoms with van der Waals surface area (Å²) in [4.78, 5) is 31.8. The van der Waals surface area contributed by atoms with Gasteiger partial charge in [-0.25, -0.2) is 13.4 Å². The lowest BCUT2D eigenvalue weighted by molar-refractivity contribution is -0.121. The van der Waals surface area contributed by atoms with Crippen molar-refractivity contribution in [3.05, 3.63) is 83.6 Å². The number of carbonyl (C=O) groups is 2. The first-order valence-electron chi connectivity index (χ1n) is 11.4. The molecule has 2 aromatic carbocycles. The van der Waals surface area contributed by atoms with Gasteiger partial charge < -0.3 is 10.2 Å². The topological polar surface area (TPSA) is 108 Å². The number of nitrogens with one attached hydrogen (secondary N) is 2. The van der Waals surface area contributed by atoms with Gasteiger partial charge in [-0.1, -0.05) is 24.3 Å². The maximum absolute atomic E-state index is 13.1. The van der Waals surface area contributed by atoms with E-state index in [4.69, 9.17) is 0 Å². The molecule has 0 radical (unpaired) electrons. The highest BCUT2D eigenvalue weighted by atomic mass is 32.2. The minimum absolute atomic E-state index is 0.0685. The maximum atomic E-state index is 13.1. The van der Waals surface area contributed by atoms with E-state index in [0.29, 0.717) is 43.0 Å². The molecule has 1 saturated heterocycles. The summed E-state index contributed by atoms with van der Waals surface area (Å²) < 4.78 is 28.1. The number of benzene rings is 2. The van der Waals surface area contributed by atoms with E-state index in [1.807, 2.05) is 32.0 Å². The number of sulfonamides is 1. The molecule has 2 N–H and O–H groups in total. The second-order valence-electron chi connectivity index (χ2n) is 8.69. The van der Waals surface area contributed by atoms with Gasteiger partial charge in [-0.05, 0) is 74.2 Å². The van der Waals surface area contributed by atoms with Crippen molar-refractivity contribution < 1.29 is 18.0 Å². The zero-order chi connectivity index (χ0) is 25.0. The van der Waals surface area contributed by atoms with Gasteiger partial charge >= 0.3 is 0 Å². The maximum Gasteiger partial charge on any atom is 0.261 e. The van der Waals surface area contributed by atoms with Crippen LogP contribution in [0.4, 0.5) is 11.5 Å². The second-order valence-corrected chi connectivity index (χ2v) is 10.4. The number of aromatic nitrogens is 1. The summed E-state index contributed by atoms with van der Waals surface area (Å²) in [5.74, 6) is -0.204. The number of aryl methyl sites for hydroxylation is 2. The van der Waals surface area contributed by atoms with Crippen LogP contribution in [0.25, 0.3) is 0 Å². The van der Waals surface area contributed by atoms with Gasteiger partial charge in [-0.3, -0.25) is 14.3 Å². The summed E-state index contributed by atoms with van der Waals surface area (Å²) >= 11 is 0. The summed E-state index contributed by atoms with van der Waals surface area (Å²) in [5.41, 5.74) is 2.56. The molecule has 2 amide bonds. The highest BCUT2D eigenvalue weighted by Crippen LogP contribution is 2.23. The molecule has 0 saturated carbocycles. The summed E-state index contributed by atoms with van der Waals surface area (Å²) in [5, 5.41) is 2.87. The van der Waals surface area contributed by atoms with E-state index in [1.54, 1.807) is 29.3 Å². The van der Waals surface area contributed by atoms with Crippen LogP contribution >= 0.6 is 0 Å². The van der Waals surface area contributed by atoms with Crippen molar-refractivity contribution in [2.45, 2.75) is 31.6 Å². The molecular weight excluding hydrogens is 464 g/mol. The Morgan fingerprint density at radius 3 is 2.40 bits per heavy atom. The zero-order valence-corrected chi connectivity index (χ0v) is 20.5. The largest absolute Gasteiger partial charge is 0.338 e. The molecule has 9 heteroatoms. The monoisotopic (exact) mass is 492 g/mol. The Morgan fingerprint density at radius 2 is 1.69 bits per heavy atom. The van der Waals surface area contributed by atoms with Gasteiger partial charge in [-0.2, -0.15) is 0 Å². The molecule has 1 aliphatic heterocycles. The second kappa shape index (κ2) is 10.3. The first-order valence-corrected chi connectivity index (χ1v) is 12.9. The van der Waals surface area contributed by atoms with Crippen LogP contribution in [0.5, 0.6) is 0 Å². The van der Waals surface area contributed by atoms with Gasteiger partial charge in [0.15, 0.2) is 0 Å². The van der Waals surface area contributed by atoms with E-state index < -0.39 is 10.0 Å². The molecule has 4 rings (SSSR count). The molecule has 0 bridgehead atoms. The van der Waals surface area contributed by atoms with E-state index in [9.17, 15) is 18.0 Å². The van der Waals surface area contributed by atoms with Crippen molar-refractivity contribution in [3.8, 4) is 0 Å². The first-order chi connectivity index (χ1) is 16.7. The summed E-state index contributed by atoms with van der Waals surface area (Å²) in [6, 6.07) is 16.7. The zero-order valence-electron chi connectivity index (χ0n) is 19.7. The van der Waals surface area contributed by atoms with Crippen molar-refractivity contribution >= 4 is 33.3 Å². The number of hydrogen-bond acceptors (Lipinski definition) is 5. The Labute approximate surface area is 205 Å². The average Bonchev–Trinajstić information content (AvgIpc) is 2.86. The predicted molar refractivity (Wildman–Crippen MR) is 135 cm³/mol. The van der Waals surface area contributed by atoms with Gasteiger partial charge in [0.2, 0.25) is 5.91 Å². The van der Waals surface area contributed by atoms with Crippen LogP contribution in [0.1, 0.15) is 34.3 Å². The normalized spacial score (nSPS) is 15.9. The minimum atomic E-state index is -3.79. The number of pyridine rings is 1. The van der Waals surface area contributed by atoms with Crippen molar-refractivity contribution in [1.82, 2.24) is 9.88 Å². The smallest absolute Gasteiger partial charge is 0.261 e. The molecular formula is C26H28N4O4S. The van der Waals surface area contributed by atoms with Crippen LogP contribution in [0.2, 0.25) is 0 Å². The van der Waals surface area contributed by atoms with Gasteiger partial charge in [0.05, 0.1) is 16.5 Å². The van der Waals surface area contributed by atoms with Gasteiger partial charge in [0.1, 0.15) is 5.82 Å². The van der Waals surface area contributed by atoms with Crippen molar-refractivity contribution in [2.24, 2.45) is 5.92 Å². The van der Waals surface area contributed by atoms with E-state index in [1.165, 1.54) is 24.3 Å². The number of hydrogen-bond donors (Lipinski definition) is 2. The molecule has 182 valence electrons. The molecule has 3 aromatic rings. The standard InChI is InChI=1S/C26H28N4O4S/c1-18-7-3-4-10-23(18)29-35(33,34)22-13-11-20(12-14-22)26(32)30-16-6-9-21(17-30)25(31)28-24-19(2)8-5-15-27-24/h3-5,7-8,10-15,21,29H,6,9,16-17H2,1-2H3,(H,27,28,31). The molecule has 1 aromatic heterocycles. The lowest BCUT2D eigenvalue weighted by atomic mass is 9.96. The first kappa shape index (κ1) is 24.4. The lowest BCUT2D eigenvalue weighted by Crippen LogP contribution is -2.43. The number of nitrogens with zero attached hydrogens (tertiary/aromatic N) is 2. The Bertz CT molecular complexity index is 1340. The van der Waals surface area contributed by atoms with Crippen LogP contribution in [-0.2, 0) is 14.8 Å². The SMILES string of the molecule is Cc1ccccc1NS(=O)(=O)c1ccc(C(=O)N2CCCC(C(=O)Nc3ncccc3C)C2)cc1. The summed E-state index contributed by atoms with van der Waals surface area (Å²) in [6.45, 7) is 4.54. The lowest BCUT2D eigenvalue weighted by Gasteiger charge is -2.32. The molecule has 8 nitrogen and oxygen atoms in total. The molecule has 0 aliphatic carbocycles. The number of para-hydroxylation sites is 1. The Hall–Kier alpha value is -3.72. The molecule has 1 aliphatic rings. The third kappa shape index (κ3) is 5.68. The minimum Gasteiger partial charge on any atom is -0.338 e. The van der Waals surface area contributed by atoms with Gasteiger partial charge in [0, 0.05) is 24.8 Å². The number of rotatable bonds is 6. The van der Waals surface area contributed by atoms with E-state index in [-0.39, 0.29) is 22.6 Å². The van der Waals surface area contributed by atoms with Gasteiger partial charge in [0.25, 0.3) is 15.9 Å². The quantitative estimate of drug-likeness (QED) is 0.541. The Balaban J connectivity index is 1.42. The number of piperidine rings is 1. The van der Waals surface area contributed by atoms with E-state index in [2.05, 4.69) is 15.0 Å². The summed E-state index contributed by atoms with van der Waals surface area (Å²) in [6.07, 6.45) is 3.01. The third-order valence-electron chi connectivity index (χ3n) is 6.13. The molecule has 1 fully saturated rings. The average molecular weight is 493 g/mol. The van der Waals surface area contributed by atoms with Crippen molar-refractivity contribution in [3.63, 3.8) is 0 Å². The number of carbonyl (C=O) groups excluding carboxylic acids is 2. The fourth-order valence-electron chi connectivity index (χ4n) is 4.06. The van der Waals surface area contributed by atoms with E-state index >= 15 is 0 Å². The number of anilines is 2. The molecule has 1 unspecified atom stereocenters. The molecule has 35 heavy (non-hydrogen) atoms. The van der Waals surface area contributed by atoms with Crippen molar-refractivity contribution in [2.75, 3.05) is 23.1 Å². The highest BCUT2D eigenvalue weighted by Gasteiger charge is 2.29. The molecule has 0 spiro atoms. The number of amides is 2. The van der Waals surface area contributed by atoms with Gasteiger partial charge in [-0.15, -0.1) is 0 Å².